The lowest BCUT2D eigenvalue weighted by Gasteiger charge is -2.24. The normalized spacial score (nSPS) is 13.0. The van der Waals surface area contributed by atoms with Gasteiger partial charge in [-0.15, -0.1) is 0 Å². The van der Waals surface area contributed by atoms with E-state index in [9.17, 15) is 9.18 Å². The van der Waals surface area contributed by atoms with Crippen LogP contribution in [0.15, 0.2) is 72.8 Å². The fraction of sp³-hybridized carbons (Fsp3) is 0.214. The Balaban J connectivity index is 1.57. The van der Waals surface area contributed by atoms with Gasteiger partial charge in [0.2, 0.25) is 0 Å². The number of aromatic nitrogens is 1. The van der Waals surface area contributed by atoms with E-state index in [1.807, 2.05) is 53.4 Å². The fourth-order valence-electron chi connectivity index (χ4n) is 4.16. The zero-order valence-corrected chi connectivity index (χ0v) is 19.1. The number of ether oxygens (including phenoxy) is 2. The lowest BCUT2D eigenvalue weighted by atomic mass is 10.0. The Morgan fingerprint density at radius 2 is 1.74 bits per heavy atom. The fourth-order valence-corrected chi connectivity index (χ4v) is 4.16. The Morgan fingerprint density at radius 3 is 2.44 bits per heavy atom. The van der Waals surface area contributed by atoms with Crippen LogP contribution < -0.4 is 9.47 Å². The average Bonchev–Trinajstić information content (AvgIpc) is 3.72. The van der Waals surface area contributed by atoms with E-state index in [0.29, 0.717) is 23.4 Å². The molecule has 0 radical (unpaired) electrons. The Bertz CT molecular complexity index is 1350. The summed E-state index contributed by atoms with van der Waals surface area (Å²) in [6.07, 6.45) is 1.94. The molecule has 4 aromatic rings. The molecule has 1 fully saturated rings. The number of carbonyl (C=O) groups is 1. The van der Waals surface area contributed by atoms with Gasteiger partial charge in [-0.25, -0.2) is 9.37 Å². The highest BCUT2D eigenvalue weighted by Gasteiger charge is 2.34. The van der Waals surface area contributed by atoms with Crippen LogP contribution in [0, 0.1) is 5.82 Å². The average molecular weight is 457 g/mol. The first-order valence-electron chi connectivity index (χ1n) is 11.2. The van der Waals surface area contributed by atoms with Gasteiger partial charge >= 0.3 is 0 Å². The second kappa shape index (κ2) is 9.14. The summed E-state index contributed by atoms with van der Waals surface area (Å²) in [5, 5.41) is 0.832. The molecule has 5 rings (SSSR count). The molecule has 0 atom stereocenters. The summed E-state index contributed by atoms with van der Waals surface area (Å²) in [7, 11) is 3.21. The first-order chi connectivity index (χ1) is 16.6. The molecule has 5 nitrogen and oxygen atoms in total. The largest absolute Gasteiger partial charge is 0.497 e. The van der Waals surface area contributed by atoms with E-state index in [1.165, 1.54) is 12.1 Å². The number of amides is 1. The highest BCUT2D eigenvalue weighted by Crippen LogP contribution is 2.34. The Morgan fingerprint density at radius 1 is 0.971 bits per heavy atom. The zero-order valence-electron chi connectivity index (χ0n) is 19.1. The van der Waals surface area contributed by atoms with E-state index in [-0.39, 0.29) is 17.8 Å². The van der Waals surface area contributed by atoms with Gasteiger partial charge in [0.05, 0.1) is 25.4 Å². The number of hydrogen-bond donors (Lipinski definition) is 0. The van der Waals surface area contributed by atoms with Gasteiger partial charge < -0.3 is 14.4 Å². The van der Waals surface area contributed by atoms with Gasteiger partial charge in [-0.2, -0.15) is 0 Å². The molecule has 0 aliphatic heterocycles. The number of fused-ring (bicyclic) bond motifs is 1. The number of methoxy groups -OCH3 is 2. The number of carbonyl (C=O) groups excluding carboxylic acids is 1. The minimum atomic E-state index is -0.332. The maximum Gasteiger partial charge on any atom is 0.254 e. The molecule has 172 valence electrons. The summed E-state index contributed by atoms with van der Waals surface area (Å²) < 4.78 is 24.5. The topological polar surface area (TPSA) is 51.7 Å². The molecular weight excluding hydrogens is 431 g/mol. The van der Waals surface area contributed by atoms with E-state index in [2.05, 4.69) is 0 Å². The highest BCUT2D eigenvalue weighted by atomic mass is 19.1. The van der Waals surface area contributed by atoms with Crippen LogP contribution >= 0.6 is 0 Å². The van der Waals surface area contributed by atoms with E-state index in [4.69, 9.17) is 14.5 Å². The van der Waals surface area contributed by atoms with Gasteiger partial charge in [0.15, 0.2) is 0 Å². The maximum absolute atomic E-state index is 13.9. The van der Waals surface area contributed by atoms with Gasteiger partial charge in [0.1, 0.15) is 17.3 Å². The van der Waals surface area contributed by atoms with Gasteiger partial charge in [0.25, 0.3) is 5.91 Å². The molecule has 1 aliphatic carbocycles. The third-order valence-corrected chi connectivity index (χ3v) is 6.13. The van der Waals surface area contributed by atoms with Crippen molar-refractivity contribution in [2.24, 2.45) is 0 Å². The van der Waals surface area contributed by atoms with Crippen molar-refractivity contribution in [3.8, 4) is 22.8 Å². The van der Waals surface area contributed by atoms with Crippen molar-refractivity contribution in [1.29, 1.82) is 0 Å². The first kappa shape index (κ1) is 21.9. The maximum atomic E-state index is 13.9. The van der Waals surface area contributed by atoms with Gasteiger partial charge in [0, 0.05) is 35.2 Å². The van der Waals surface area contributed by atoms with E-state index >= 15 is 0 Å². The lowest BCUT2D eigenvalue weighted by Crippen LogP contribution is -2.32. The molecule has 3 aromatic carbocycles. The Kier molecular flexibility index (Phi) is 5.88. The van der Waals surface area contributed by atoms with E-state index < -0.39 is 0 Å². The number of rotatable bonds is 7. The molecule has 1 aliphatic rings. The smallest absolute Gasteiger partial charge is 0.254 e. The van der Waals surface area contributed by atoms with Crippen molar-refractivity contribution in [3.63, 3.8) is 0 Å². The molecule has 34 heavy (non-hydrogen) atoms. The summed E-state index contributed by atoms with van der Waals surface area (Å²) in [6, 6.07) is 21.6. The van der Waals surface area contributed by atoms with Crippen LogP contribution in [0.25, 0.3) is 22.2 Å². The van der Waals surface area contributed by atoms with Crippen LogP contribution in [-0.2, 0) is 6.54 Å². The summed E-state index contributed by atoms with van der Waals surface area (Å²) in [5.74, 6) is 1.02. The zero-order chi connectivity index (χ0) is 23.7. The molecule has 0 saturated heterocycles. The SMILES string of the molecule is COc1ccc(-c2nc3cc(F)ccc3cc2CN(C(=O)c2cccc(OC)c2)C2CC2)cc1. The van der Waals surface area contributed by atoms with Crippen molar-refractivity contribution < 1.29 is 18.7 Å². The van der Waals surface area contributed by atoms with Crippen LogP contribution in [0.4, 0.5) is 4.39 Å². The molecule has 0 spiro atoms. The molecule has 6 heteroatoms. The predicted molar refractivity (Wildman–Crippen MR) is 130 cm³/mol. The van der Waals surface area contributed by atoms with Crippen LogP contribution in [0.5, 0.6) is 11.5 Å². The Hall–Kier alpha value is -3.93. The van der Waals surface area contributed by atoms with Crippen LogP contribution in [-0.4, -0.2) is 36.1 Å². The van der Waals surface area contributed by atoms with Crippen molar-refractivity contribution in [1.82, 2.24) is 9.88 Å². The third kappa shape index (κ3) is 4.44. The van der Waals surface area contributed by atoms with Crippen molar-refractivity contribution in [3.05, 3.63) is 89.7 Å². The molecule has 1 aromatic heterocycles. The van der Waals surface area contributed by atoms with Gasteiger partial charge in [-0.05, 0) is 79.1 Å². The number of hydrogen-bond acceptors (Lipinski definition) is 4. The van der Waals surface area contributed by atoms with E-state index in [1.54, 1.807) is 26.4 Å². The molecule has 1 saturated carbocycles. The van der Waals surface area contributed by atoms with Gasteiger partial charge in [-0.3, -0.25) is 4.79 Å². The molecule has 1 amide bonds. The Labute approximate surface area is 197 Å². The standard InChI is InChI=1S/C28H25FN2O3/c1-33-24-12-7-18(8-13-24)27-21(14-19-6-9-22(29)16-26(19)30-27)17-31(23-10-11-23)28(32)20-4-3-5-25(15-20)34-2/h3-9,12-16,23H,10-11,17H2,1-2H3. The lowest BCUT2D eigenvalue weighted by molar-refractivity contribution is 0.0730. The molecule has 1 heterocycles. The van der Waals surface area contributed by atoms with Crippen molar-refractivity contribution in [2.75, 3.05) is 14.2 Å². The number of nitrogens with zero attached hydrogens (tertiary/aromatic N) is 2. The summed E-state index contributed by atoms with van der Waals surface area (Å²) >= 11 is 0. The minimum absolute atomic E-state index is 0.0405. The molecule has 0 N–H and O–H groups in total. The number of halogens is 1. The van der Waals surface area contributed by atoms with Crippen LogP contribution in [0.2, 0.25) is 0 Å². The number of benzene rings is 3. The molecular formula is C28H25FN2O3. The van der Waals surface area contributed by atoms with Crippen LogP contribution in [0.1, 0.15) is 28.8 Å². The quantitative estimate of drug-likeness (QED) is 0.349. The van der Waals surface area contributed by atoms with Gasteiger partial charge in [-0.1, -0.05) is 6.07 Å². The van der Waals surface area contributed by atoms with E-state index in [0.717, 1.165) is 40.8 Å². The first-order valence-corrected chi connectivity index (χ1v) is 11.2. The highest BCUT2D eigenvalue weighted by molar-refractivity contribution is 5.95. The minimum Gasteiger partial charge on any atom is -0.497 e. The monoisotopic (exact) mass is 456 g/mol. The van der Waals surface area contributed by atoms with Crippen LogP contribution in [0.3, 0.4) is 0 Å². The summed E-state index contributed by atoms with van der Waals surface area (Å²) in [6.45, 7) is 0.405. The second-order valence-electron chi connectivity index (χ2n) is 8.46. The van der Waals surface area contributed by atoms with Crippen molar-refractivity contribution >= 4 is 16.8 Å². The third-order valence-electron chi connectivity index (χ3n) is 6.13. The summed E-state index contributed by atoms with van der Waals surface area (Å²) in [4.78, 5) is 20.2. The predicted octanol–water partition coefficient (Wildman–Crippen LogP) is 5.86. The van der Waals surface area contributed by atoms with Crippen molar-refractivity contribution in [2.45, 2.75) is 25.4 Å². The molecule has 0 unspecified atom stereocenters. The molecule has 0 bridgehead atoms. The number of pyridine rings is 1. The summed E-state index contributed by atoms with van der Waals surface area (Å²) in [5.41, 5.74) is 3.68. The second-order valence-corrected chi connectivity index (χ2v) is 8.46.